The molecule has 0 radical (unpaired) electrons. The van der Waals surface area contributed by atoms with E-state index < -0.39 is 11.6 Å². The van der Waals surface area contributed by atoms with Gasteiger partial charge in [-0.2, -0.15) is 0 Å². The second-order valence-corrected chi connectivity index (χ2v) is 9.10. The third-order valence-electron chi connectivity index (χ3n) is 4.39. The van der Waals surface area contributed by atoms with E-state index in [4.69, 9.17) is 0 Å². The summed E-state index contributed by atoms with van der Waals surface area (Å²) in [6.07, 6.45) is 1.64. The predicted octanol–water partition coefficient (Wildman–Crippen LogP) is 3.76. The Morgan fingerprint density at radius 3 is 2.33 bits per heavy atom. The fraction of sp³-hybridized carbons (Fsp3) is 0.435. The van der Waals surface area contributed by atoms with Crippen LogP contribution >= 0.6 is 11.3 Å². The SMILES string of the molecule is CCCCN(C(=O)CNC(=O)c1cccs1)C(C(=O)NC(C)(C)C)c1ccccc1. The van der Waals surface area contributed by atoms with Crippen molar-refractivity contribution >= 4 is 29.1 Å². The second-order valence-electron chi connectivity index (χ2n) is 8.15. The third kappa shape index (κ3) is 6.99. The van der Waals surface area contributed by atoms with Gasteiger partial charge < -0.3 is 15.5 Å². The molecule has 0 spiro atoms. The highest BCUT2D eigenvalue weighted by molar-refractivity contribution is 7.12. The molecule has 1 aromatic heterocycles. The summed E-state index contributed by atoms with van der Waals surface area (Å²) >= 11 is 1.32. The molecule has 1 heterocycles. The molecule has 1 atom stereocenters. The highest BCUT2D eigenvalue weighted by Crippen LogP contribution is 2.23. The number of hydrogen-bond acceptors (Lipinski definition) is 4. The summed E-state index contributed by atoms with van der Waals surface area (Å²) in [5, 5.41) is 7.49. The molecule has 0 saturated heterocycles. The van der Waals surface area contributed by atoms with Gasteiger partial charge in [0, 0.05) is 12.1 Å². The van der Waals surface area contributed by atoms with E-state index in [-0.39, 0.29) is 24.3 Å². The molecule has 6 nitrogen and oxygen atoms in total. The molecular weight excluding hydrogens is 398 g/mol. The first-order chi connectivity index (χ1) is 14.2. The lowest BCUT2D eigenvalue weighted by molar-refractivity contribution is -0.140. The number of nitrogens with one attached hydrogen (secondary N) is 2. The standard InChI is InChI=1S/C23H31N3O3S/c1-5-6-14-26(19(27)16-24-21(28)18-13-10-15-30-18)20(17-11-8-7-9-12-17)22(29)25-23(2,3)4/h7-13,15,20H,5-6,14,16H2,1-4H3,(H,24,28)(H,25,29). The van der Waals surface area contributed by atoms with E-state index >= 15 is 0 Å². The minimum absolute atomic E-state index is 0.160. The highest BCUT2D eigenvalue weighted by atomic mass is 32.1. The fourth-order valence-corrected chi connectivity index (χ4v) is 3.66. The minimum Gasteiger partial charge on any atom is -0.349 e. The van der Waals surface area contributed by atoms with Gasteiger partial charge in [0.05, 0.1) is 11.4 Å². The van der Waals surface area contributed by atoms with Gasteiger partial charge in [-0.05, 0) is 44.2 Å². The van der Waals surface area contributed by atoms with E-state index in [2.05, 4.69) is 10.6 Å². The summed E-state index contributed by atoms with van der Waals surface area (Å²) in [6, 6.07) is 12.0. The van der Waals surface area contributed by atoms with E-state index in [0.29, 0.717) is 11.4 Å². The molecule has 0 aliphatic heterocycles. The molecule has 0 saturated carbocycles. The van der Waals surface area contributed by atoms with Crippen LogP contribution in [0, 0.1) is 0 Å². The molecule has 3 amide bonds. The predicted molar refractivity (Wildman–Crippen MR) is 120 cm³/mol. The van der Waals surface area contributed by atoms with Crippen molar-refractivity contribution in [2.45, 2.75) is 52.1 Å². The minimum atomic E-state index is -0.761. The van der Waals surface area contributed by atoms with Gasteiger partial charge in [-0.1, -0.05) is 49.7 Å². The maximum absolute atomic E-state index is 13.2. The van der Waals surface area contributed by atoms with Gasteiger partial charge in [0.15, 0.2) is 0 Å². The normalized spacial score (nSPS) is 12.1. The van der Waals surface area contributed by atoms with Gasteiger partial charge in [0.25, 0.3) is 5.91 Å². The highest BCUT2D eigenvalue weighted by Gasteiger charge is 2.32. The van der Waals surface area contributed by atoms with E-state index in [0.717, 1.165) is 18.4 Å². The lowest BCUT2D eigenvalue weighted by Gasteiger charge is -2.34. The Morgan fingerprint density at radius 2 is 1.77 bits per heavy atom. The number of hydrogen-bond donors (Lipinski definition) is 2. The van der Waals surface area contributed by atoms with Gasteiger partial charge in [0.2, 0.25) is 11.8 Å². The van der Waals surface area contributed by atoms with Crippen molar-refractivity contribution in [2.24, 2.45) is 0 Å². The van der Waals surface area contributed by atoms with Crippen molar-refractivity contribution in [2.75, 3.05) is 13.1 Å². The Kier molecular flexibility index (Phi) is 8.59. The molecule has 162 valence electrons. The van der Waals surface area contributed by atoms with Crippen molar-refractivity contribution in [3.8, 4) is 0 Å². The largest absolute Gasteiger partial charge is 0.349 e. The number of carbonyl (C=O) groups is 3. The Balaban J connectivity index is 2.26. The van der Waals surface area contributed by atoms with Gasteiger partial charge in [-0.15, -0.1) is 11.3 Å². The lowest BCUT2D eigenvalue weighted by atomic mass is 10.0. The van der Waals surface area contributed by atoms with Crippen molar-refractivity contribution in [3.05, 3.63) is 58.3 Å². The zero-order valence-electron chi connectivity index (χ0n) is 18.1. The Labute approximate surface area is 182 Å². The van der Waals surface area contributed by atoms with Crippen LogP contribution in [0.1, 0.15) is 61.8 Å². The van der Waals surface area contributed by atoms with E-state index in [1.165, 1.54) is 11.3 Å². The molecule has 0 bridgehead atoms. The number of unbranched alkanes of at least 4 members (excludes halogenated alkanes) is 1. The molecule has 0 aliphatic carbocycles. The molecule has 0 fully saturated rings. The average molecular weight is 430 g/mol. The maximum Gasteiger partial charge on any atom is 0.261 e. The molecule has 2 aromatic rings. The number of rotatable bonds is 9. The average Bonchev–Trinajstić information content (AvgIpc) is 3.23. The first-order valence-electron chi connectivity index (χ1n) is 10.2. The van der Waals surface area contributed by atoms with Gasteiger partial charge >= 0.3 is 0 Å². The quantitative estimate of drug-likeness (QED) is 0.637. The molecule has 0 aliphatic rings. The summed E-state index contributed by atoms with van der Waals surface area (Å²) in [4.78, 5) is 40.7. The number of nitrogens with zero attached hydrogens (tertiary/aromatic N) is 1. The lowest BCUT2D eigenvalue weighted by Crippen LogP contribution is -2.51. The first kappa shape index (κ1) is 23.6. The summed E-state index contributed by atoms with van der Waals surface area (Å²) in [5.41, 5.74) is 0.310. The van der Waals surface area contributed by atoms with E-state index in [9.17, 15) is 14.4 Å². The number of amides is 3. The van der Waals surface area contributed by atoms with Crippen LogP contribution < -0.4 is 10.6 Å². The second kappa shape index (κ2) is 10.9. The van der Waals surface area contributed by atoms with Crippen LogP contribution in [0.25, 0.3) is 0 Å². The van der Waals surface area contributed by atoms with Gasteiger partial charge in [-0.3, -0.25) is 14.4 Å². The van der Waals surface area contributed by atoms with E-state index in [1.54, 1.807) is 17.0 Å². The Hall–Kier alpha value is -2.67. The number of thiophene rings is 1. The van der Waals surface area contributed by atoms with Crippen molar-refractivity contribution in [1.29, 1.82) is 0 Å². The zero-order chi connectivity index (χ0) is 22.1. The summed E-state index contributed by atoms with van der Waals surface area (Å²) in [5.74, 6) is -0.807. The van der Waals surface area contributed by atoms with Crippen LogP contribution in [-0.2, 0) is 9.59 Å². The maximum atomic E-state index is 13.2. The van der Waals surface area contributed by atoms with Gasteiger partial charge in [0.1, 0.15) is 6.04 Å². The summed E-state index contributed by atoms with van der Waals surface area (Å²) in [7, 11) is 0. The third-order valence-corrected chi connectivity index (χ3v) is 5.26. The Morgan fingerprint density at radius 1 is 1.07 bits per heavy atom. The van der Waals surface area contributed by atoms with Crippen LogP contribution in [0.3, 0.4) is 0 Å². The molecule has 7 heteroatoms. The van der Waals surface area contributed by atoms with Crippen LogP contribution in [0.2, 0.25) is 0 Å². The topological polar surface area (TPSA) is 78.5 Å². The Bertz CT molecular complexity index is 829. The monoisotopic (exact) mass is 429 g/mol. The number of benzene rings is 1. The van der Waals surface area contributed by atoms with Crippen LogP contribution in [0.5, 0.6) is 0 Å². The molecule has 30 heavy (non-hydrogen) atoms. The molecule has 1 aromatic carbocycles. The molecule has 2 rings (SSSR count). The number of carbonyl (C=O) groups excluding carboxylic acids is 3. The smallest absolute Gasteiger partial charge is 0.261 e. The van der Waals surface area contributed by atoms with Crippen molar-refractivity contribution in [3.63, 3.8) is 0 Å². The molecule has 1 unspecified atom stereocenters. The molecular formula is C23H31N3O3S. The van der Waals surface area contributed by atoms with Gasteiger partial charge in [-0.25, -0.2) is 0 Å². The van der Waals surface area contributed by atoms with Crippen LogP contribution in [0.4, 0.5) is 0 Å². The van der Waals surface area contributed by atoms with Crippen LogP contribution in [-0.4, -0.2) is 41.2 Å². The van der Waals surface area contributed by atoms with Crippen molar-refractivity contribution < 1.29 is 14.4 Å². The summed E-state index contributed by atoms with van der Waals surface area (Å²) in [6.45, 7) is 8.03. The zero-order valence-corrected chi connectivity index (χ0v) is 18.9. The fourth-order valence-electron chi connectivity index (χ4n) is 3.02. The van der Waals surface area contributed by atoms with Crippen LogP contribution in [0.15, 0.2) is 47.8 Å². The summed E-state index contributed by atoms with van der Waals surface area (Å²) < 4.78 is 0. The van der Waals surface area contributed by atoms with Crippen molar-refractivity contribution in [1.82, 2.24) is 15.5 Å². The molecule has 2 N–H and O–H groups in total. The van der Waals surface area contributed by atoms with E-state index in [1.807, 2.05) is 63.4 Å². The first-order valence-corrected chi connectivity index (χ1v) is 11.1.